The molecule has 0 aromatic heterocycles. The van der Waals surface area contributed by atoms with Crippen LogP contribution in [0.15, 0.2) is 42.5 Å². The molecule has 0 heterocycles. The zero-order chi connectivity index (χ0) is 15.0. The van der Waals surface area contributed by atoms with Gasteiger partial charge in [-0.3, -0.25) is 0 Å². The molecule has 0 radical (unpaired) electrons. The van der Waals surface area contributed by atoms with Gasteiger partial charge in [0.2, 0.25) is 0 Å². The molecular weight excluding hydrogens is 268 g/mol. The molecule has 1 unspecified atom stereocenters. The standard InChI is InChI=1S/C17H14O4/c18-16(19)11-6-5-10-7-8-13(15(10)9-11)12-3-1-2-4-14(12)17(20)21/h1-6,9,13H,7-8H2,(H,18,19)(H,20,21). The molecule has 3 rings (SSSR count). The van der Waals surface area contributed by atoms with E-state index in [1.807, 2.05) is 18.2 Å². The van der Waals surface area contributed by atoms with E-state index in [-0.39, 0.29) is 17.0 Å². The lowest BCUT2D eigenvalue weighted by Gasteiger charge is -2.15. The average molecular weight is 282 g/mol. The maximum atomic E-state index is 11.4. The van der Waals surface area contributed by atoms with Crippen LogP contribution in [0.3, 0.4) is 0 Å². The van der Waals surface area contributed by atoms with Gasteiger partial charge >= 0.3 is 11.9 Å². The van der Waals surface area contributed by atoms with Crippen LogP contribution >= 0.6 is 0 Å². The first-order chi connectivity index (χ1) is 10.1. The Hall–Kier alpha value is -2.62. The highest BCUT2D eigenvalue weighted by molar-refractivity contribution is 5.90. The third-order valence-corrected chi connectivity index (χ3v) is 4.04. The van der Waals surface area contributed by atoms with Crippen LogP contribution < -0.4 is 0 Å². The number of hydrogen-bond acceptors (Lipinski definition) is 2. The van der Waals surface area contributed by atoms with E-state index in [4.69, 9.17) is 5.11 Å². The number of rotatable bonds is 3. The number of benzene rings is 2. The fourth-order valence-corrected chi connectivity index (χ4v) is 3.05. The minimum absolute atomic E-state index is 0.0494. The molecule has 0 saturated carbocycles. The fraction of sp³-hybridized carbons (Fsp3) is 0.176. The van der Waals surface area contributed by atoms with Gasteiger partial charge in [-0.2, -0.15) is 0 Å². The summed E-state index contributed by atoms with van der Waals surface area (Å²) in [6.45, 7) is 0. The van der Waals surface area contributed by atoms with E-state index in [0.717, 1.165) is 29.5 Å². The van der Waals surface area contributed by atoms with Crippen LogP contribution in [0.4, 0.5) is 0 Å². The van der Waals surface area contributed by atoms with Crippen molar-refractivity contribution >= 4 is 11.9 Å². The molecule has 0 bridgehead atoms. The van der Waals surface area contributed by atoms with Gasteiger partial charge < -0.3 is 10.2 Å². The highest BCUT2D eigenvalue weighted by Crippen LogP contribution is 2.39. The summed E-state index contributed by atoms with van der Waals surface area (Å²) in [6.07, 6.45) is 1.65. The monoisotopic (exact) mass is 282 g/mol. The predicted octanol–water partition coefficient (Wildman–Crippen LogP) is 3.16. The van der Waals surface area contributed by atoms with Crippen LogP contribution in [0, 0.1) is 0 Å². The Morgan fingerprint density at radius 3 is 2.43 bits per heavy atom. The maximum Gasteiger partial charge on any atom is 0.335 e. The highest BCUT2D eigenvalue weighted by Gasteiger charge is 2.27. The fourth-order valence-electron chi connectivity index (χ4n) is 3.05. The molecule has 1 aliphatic carbocycles. The van der Waals surface area contributed by atoms with E-state index in [0.29, 0.717) is 0 Å². The summed E-state index contributed by atoms with van der Waals surface area (Å²) < 4.78 is 0. The van der Waals surface area contributed by atoms with Gasteiger partial charge in [0.1, 0.15) is 0 Å². The Morgan fingerprint density at radius 2 is 1.71 bits per heavy atom. The third kappa shape index (κ3) is 2.29. The topological polar surface area (TPSA) is 74.6 Å². The van der Waals surface area contributed by atoms with Crippen molar-refractivity contribution in [3.05, 3.63) is 70.3 Å². The molecule has 4 heteroatoms. The van der Waals surface area contributed by atoms with Crippen molar-refractivity contribution in [1.82, 2.24) is 0 Å². The van der Waals surface area contributed by atoms with Crippen molar-refractivity contribution in [2.45, 2.75) is 18.8 Å². The van der Waals surface area contributed by atoms with E-state index >= 15 is 0 Å². The van der Waals surface area contributed by atoms with E-state index < -0.39 is 11.9 Å². The second-order valence-electron chi connectivity index (χ2n) is 5.20. The second kappa shape index (κ2) is 5.05. The average Bonchev–Trinajstić information content (AvgIpc) is 2.89. The number of aryl methyl sites for hydroxylation is 1. The van der Waals surface area contributed by atoms with Crippen LogP contribution in [-0.2, 0) is 6.42 Å². The van der Waals surface area contributed by atoms with Crippen molar-refractivity contribution in [1.29, 1.82) is 0 Å². The molecular formula is C17H14O4. The van der Waals surface area contributed by atoms with Gasteiger partial charge in [0, 0.05) is 5.92 Å². The van der Waals surface area contributed by atoms with Gasteiger partial charge in [0.05, 0.1) is 11.1 Å². The zero-order valence-corrected chi connectivity index (χ0v) is 11.2. The van der Waals surface area contributed by atoms with Crippen molar-refractivity contribution in [3.63, 3.8) is 0 Å². The Kier molecular flexibility index (Phi) is 3.22. The Balaban J connectivity index is 2.11. The summed E-state index contributed by atoms with van der Waals surface area (Å²) in [5, 5.41) is 18.4. The number of hydrogen-bond donors (Lipinski definition) is 2. The Bertz CT molecular complexity index is 733. The maximum absolute atomic E-state index is 11.4. The minimum atomic E-state index is -0.963. The molecule has 0 spiro atoms. The van der Waals surface area contributed by atoms with Crippen molar-refractivity contribution in [2.24, 2.45) is 0 Å². The van der Waals surface area contributed by atoms with Crippen LogP contribution in [0.1, 0.15) is 49.7 Å². The number of carboxylic acid groups (broad SMARTS) is 2. The summed E-state index contributed by atoms with van der Waals surface area (Å²) in [5.74, 6) is -1.96. The largest absolute Gasteiger partial charge is 0.478 e. The van der Waals surface area contributed by atoms with Gasteiger partial charge in [-0.15, -0.1) is 0 Å². The summed E-state index contributed by atoms with van der Waals surface area (Å²) in [4.78, 5) is 22.5. The molecule has 106 valence electrons. The molecule has 0 fully saturated rings. The Morgan fingerprint density at radius 1 is 0.952 bits per heavy atom. The number of aromatic carboxylic acids is 2. The molecule has 2 N–H and O–H groups in total. The molecule has 2 aromatic rings. The second-order valence-corrected chi connectivity index (χ2v) is 5.20. The number of fused-ring (bicyclic) bond motifs is 1. The summed E-state index contributed by atoms with van der Waals surface area (Å²) in [7, 11) is 0. The van der Waals surface area contributed by atoms with Crippen LogP contribution in [-0.4, -0.2) is 22.2 Å². The van der Waals surface area contributed by atoms with Crippen LogP contribution in [0.5, 0.6) is 0 Å². The van der Waals surface area contributed by atoms with E-state index in [1.165, 1.54) is 0 Å². The van der Waals surface area contributed by atoms with Crippen LogP contribution in [0.2, 0.25) is 0 Å². The van der Waals surface area contributed by atoms with Crippen molar-refractivity contribution < 1.29 is 19.8 Å². The first kappa shape index (κ1) is 13.4. The van der Waals surface area contributed by atoms with E-state index in [9.17, 15) is 14.7 Å². The molecule has 0 aliphatic heterocycles. The summed E-state index contributed by atoms with van der Waals surface area (Å²) in [6, 6.07) is 12.0. The number of carbonyl (C=O) groups is 2. The first-order valence-corrected chi connectivity index (χ1v) is 6.76. The lowest BCUT2D eigenvalue weighted by Crippen LogP contribution is -2.07. The number of carboxylic acids is 2. The molecule has 4 nitrogen and oxygen atoms in total. The minimum Gasteiger partial charge on any atom is -0.478 e. The van der Waals surface area contributed by atoms with Gasteiger partial charge in [0.15, 0.2) is 0 Å². The molecule has 0 amide bonds. The highest BCUT2D eigenvalue weighted by atomic mass is 16.4. The summed E-state index contributed by atoms with van der Waals surface area (Å²) in [5.41, 5.74) is 3.32. The van der Waals surface area contributed by atoms with Gasteiger partial charge in [0.25, 0.3) is 0 Å². The molecule has 1 atom stereocenters. The van der Waals surface area contributed by atoms with Crippen molar-refractivity contribution in [3.8, 4) is 0 Å². The molecule has 0 saturated heterocycles. The van der Waals surface area contributed by atoms with Gasteiger partial charge in [-0.25, -0.2) is 9.59 Å². The zero-order valence-electron chi connectivity index (χ0n) is 11.2. The lowest BCUT2D eigenvalue weighted by molar-refractivity contribution is 0.0684. The molecule has 2 aromatic carbocycles. The third-order valence-electron chi connectivity index (χ3n) is 4.04. The molecule has 1 aliphatic rings. The SMILES string of the molecule is O=C(O)c1ccc2c(c1)C(c1ccccc1C(=O)O)CC2. The predicted molar refractivity (Wildman–Crippen MR) is 77.0 cm³/mol. The smallest absolute Gasteiger partial charge is 0.335 e. The van der Waals surface area contributed by atoms with Crippen LogP contribution in [0.25, 0.3) is 0 Å². The van der Waals surface area contributed by atoms with Crippen molar-refractivity contribution in [2.75, 3.05) is 0 Å². The Labute approximate surface area is 121 Å². The molecule has 21 heavy (non-hydrogen) atoms. The van der Waals surface area contributed by atoms with Gasteiger partial charge in [-0.05, 0) is 47.7 Å². The normalized spacial score (nSPS) is 16.5. The first-order valence-electron chi connectivity index (χ1n) is 6.76. The summed E-state index contributed by atoms with van der Waals surface area (Å²) >= 11 is 0. The van der Waals surface area contributed by atoms with Gasteiger partial charge in [-0.1, -0.05) is 24.3 Å². The lowest BCUT2D eigenvalue weighted by atomic mass is 9.89. The van der Waals surface area contributed by atoms with E-state index in [2.05, 4.69) is 0 Å². The van der Waals surface area contributed by atoms with E-state index in [1.54, 1.807) is 24.3 Å². The quantitative estimate of drug-likeness (QED) is 0.906.